The maximum atomic E-state index is 11.0. The van der Waals surface area contributed by atoms with Crippen molar-refractivity contribution in [1.82, 2.24) is 5.32 Å². The Hall–Kier alpha value is -2.24. The van der Waals surface area contributed by atoms with Gasteiger partial charge in [-0.1, -0.05) is 36.4 Å². The molecule has 2 aromatic rings. The molecule has 114 valence electrons. The summed E-state index contributed by atoms with van der Waals surface area (Å²) in [5.41, 5.74) is 10.4. The number of nitrogens with zero attached hydrogens (tertiary/aromatic N) is 1. The molecule has 0 radical (unpaired) electrons. The lowest BCUT2D eigenvalue weighted by Gasteiger charge is -2.15. The molecule has 0 bridgehead atoms. The van der Waals surface area contributed by atoms with E-state index >= 15 is 0 Å². The van der Waals surface area contributed by atoms with Gasteiger partial charge in [0.2, 0.25) is 0 Å². The second-order valence-corrected chi connectivity index (χ2v) is 5.72. The fourth-order valence-electron chi connectivity index (χ4n) is 3.16. The Morgan fingerprint density at radius 1 is 1.23 bits per heavy atom. The van der Waals surface area contributed by atoms with E-state index < -0.39 is 0 Å². The van der Waals surface area contributed by atoms with Crippen LogP contribution in [-0.2, 0) is 6.54 Å². The number of hydrogen-bond donors (Lipinski definition) is 2. The van der Waals surface area contributed by atoms with Crippen molar-refractivity contribution in [3.8, 4) is 0 Å². The van der Waals surface area contributed by atoms with Crippen LogP contribution < -0.4 is 11.1 Å². The predicted octanol–water partition coefficient (Wildman–Crippen LogP) is 3.14. The summed E-state index contributed by atoms with van der Waals surface area (Å²) in [4.78, 5) is 10.7. The van der Waals surface area contributed by atoms with E-state index in [1.165, 1.54) is 11.1 Å². The van der Waals surface area contributed by atoms with E-state index in [1.54, 1.807) is 19.1 Å². The average molecular weight is 297 g/mol. The normalized spacial score (nSPS) is 19.9. The van der Waals surface area contributed by atoms with Crippen LogP contribution >= 0.6 is 0 Å². The highest BCUT2D eigenvalue weighted by atomic mass is 16.6. The second kappa shape index (κ2) is 5.87. The Balaban J connectivity index is 1.77. The van der Waals surface area contributed by atoms with Crippen LogP contribution in [0.3, 0.4) is 0 Å². The maximum absolute atomic E-state index is 11.0. The molecule has 0 fully saturated rings. The number of benzene rings is 2. The van der Waals surface area contributed by atoms with E-state index in [0.29, 0.717) is 6.54 Å². The summed E-state index contributed by atoms with van der Waals surface area (Å²) in [6, 6.07) is 13.6. The Labute approximate surface area is 129 Å². The molecular weight excluding hydrogens is 278 g/mol. The SMILES string of the molecule is Cc1c(CNC2CC(N)c3ccccc32)cccc1[N+](=O)[O-]. The van der Waals surface area contributed by atoms with Crippen molar-refractivity contribution in [1.29, 1.82) is 0 Å². The number of nitrogens with one attached hydrogen (secondary N) is 1. The molecule has 0 saturated heterocycles. The third-order valence-corrected chi connectivity index (χ3v) is 4.41. The Morgan fingerprint density at radius 2 is 1.95 bits per heavy atom. The van der Waals surface area contributed by atoms with Crippen LogP contribution in [0.4, 0.5) is 5.69 Å². The highest BCUT2D eigenvalue weighted by Crippen LogP contribution is 2.37. The van der Waals surface area contributed by atoms with Gasteiger partial charge in [-0.05, 0) is 30.0 Å². The molecule has 2 atom stereocenters. The molecule has 2 aromatic carbocycles. The second-order valence-electron chi connectivity index (χ2n) is 5.72. The van der Waals surface area contributed by atoms with Crippen LogP contribution in [0.2, 0.25) is 0 Å². The molecule has 5 heteroatoms. The highest BCUT2D eigenvalue weighted by Gasteiger charge is 2.27. The zero-order chi connectivity index (χ0) is 15.7. The molecule has 1 aliphatic carbocycles. The van der Waals surface area contributed by atoms with Crippen molar-refractivity contribution in [3.63, 3.8) is 0 Å². The lowest BCUT2D eigenvalue weighted by Crippen LogP contribution is -2.20. The summed E-state index contributed by atoms with van der Waals surface area (Å²) in [6.45, 7) is 2.39. The fourth-order valence-corrected chi connectivity index (χ4v) is 3.16. The minimum atomic E-state index is -0.334. The minimum Gasteiger partial charge on any atom is -0.324 e. The fraction of sp³-hybridized carbons (Fsp3) is 0.294. The number of nitro groups is 1. The van der Waals surface area contributed by atoms with E-state index in [4.69, 9.17) is 5.73 Å². The first-order valence-electron chi connectivity index (χ1n) is 7.38. The van der Waals surface area contributed by atoms with E-state index in [2.05, 4.69) is 17.4 Å². The molecule has 1 aliphatic rings. The quantitative estimate of drug-likeness (QED) is 0.671. The van der Waals surface area contributed by atoms with E-state index in [9.17, 15) is 10.1 Å². The van der Waals surface area contributed by atoms with Crippen LogP contribution in [0.1, 0.15) is 40.8 Å². The van der Waals surface area contributed by atoms with Crippen molar-refractivity contribution in [3.05, 3.63) is 74.8 Å². The number of fused-ring (bicyclic) bond motifs is 1. The molecule has 22 heavy (non-hydrogen) atoms. The number of nitrogens with two attached hydrogens (primary N) is 1. The van der Waals surface area contributed by atoms with Crippen molar-refractivity contribution < 1.29 is 4.92 Å². The summed E-state index contributed by atoms with van der Waals surface area (Å²) in [7, 11) is 0. The summed E-state index contributed by atoms with van der Waals surface area (Å²) in [5.74, 6) is 0. The molecule has 0 spiro atoms. The maximum Gasteiger partial charge on any atom is 0.272 e. The van der Waals surface area contributed by atoms with Gasteiger partial charge in [0.15, 0.2) is 0 Å². The molecule has 0 amide bonds. The summed E-state index contributed by atoms with van der Waals surface area (Å²) < 4.78 is 0. The van der Waals surface area contributed by atoms with Crippen LogP contribution in [0, 0.1) is 17.0 Å². The topological polar surface area (TPSA) is 81.2 Å². The summed E-state index contributed by atoms with van der Waals surface area (Å²) in [6.07, 6.45) is 0.854. The molecule has 5 nitrogen and oxygen atoms in total. The van der Waals surface area contributed by atoms with Crippen LogP contribution in [0.25, 0.3) is 0 Å². The monoisotopic (exact) mass is 297 g/mol. The number of hydrogen-bond acceptors (Lipinski definition) is 4. The lowest BCUT2D eigenvalue weighted by molar-refractivity contribution is -0.385. The van der Waals surface area contributed by atoms with Crippen LogP contribution in [0.5, 0.6) is 0 Å². The van der Waals surface area contributed by atoms with Crippen LogP contribution in [0.15, 0.2) is 42.5 Å². The number of rotatable bonds is 4. The smallest absolute Gasteiger partial charge is 0.272 e. The van der Waals surface area contributed by atoms with Gasteiger partial charge in [-0.3, -0.25) is 10.1 Å². The van der Waals surface area contributed by atoms with E-state index in [-0.39, 0.29) is 22.7 Å². The first-order valence-corrected chi connectivity index (χ1v) is 7.38. The third kappa shape index (κ3) is 2.61. The summed E-state index contributed by atoms with van der Waals surface area (Å²) in [5, 5.41) is 14.5. The molecular formula is C17H19N3O2. The van der Waals surface area contributed by atoms with Gasteiger partial charge in [-0.25, -0.2) is 0 Å². The van der Waals surface area contributed by atoms with Gasteiger partial charge in [0.25, 0.3) is 5.69 Å². The molecule has 2 unspecified atom stereocenters. The van der Waals surface area contributed by atoms with Crippen molar-refractivity contribution >= 4 is 5.69 Å². The molecule has 3 rings (SSSR count). The van der Waals surface area contributed by atoms with Gasteiger partial charge in [0, 0.05) is 30.3 Å². The van der Waals surface area contributed by atoms with Gasteiger partial charge in [0.05, 0.1) is 4.92 Å². The molecule has 0 heterocycles. The lowest BCUT2D eigenvalue weighted by atomic mass is 10.1. The molecule has 3 N–H and O–H groups in total. The highest BCUT2D eigenvalue weighted by molar-refractivity contribution is 5.44. The van der Waals surface area contributed by atoms with Gasteiger partial charge in [-0.15, -0.1) is 0 Å². The number of nitro benzene ring substituents is 1. The molecule has 0 saturated carbocycles. The van der Waals surface area contributed by atoms with Crippen molar-refractivity contribution in [2.45, 2.75) is 32.0 Å². The predicted molar refractivity (Wildman–Crippen MR) is 85.4 cm³/mol. The van der Waals surface area contributed by atoms with E-state index in [1.807, 2.05) is 18.2 Å². The van der Waals surface area contributed by atoms with Crippen molar-refractivity contribution in [2.75, 3.05) is 0 Å². The largest absolute Gasteiger partial charge is 0.324 e. The van der Waals surface area contributed by atoms with Gasteiger partial charge in [-0.2, -0.15) is 0 Å². The molecule has 0 aromatic heterocycles. The third-order valence-electron chi connectivity index (χ3n) is 4.41. The summed E-state index contributed by atoms with van der Waals surface area (Å²) >= 11 is 0. The first-order chi connectivity index (χ1) is 10.6. The Morgan fingerprint density at radius 3 is 2.68 bits per heavy atom. The Bertz CT molecular complexity index is 715. The van der Waals surface area contributed by atoms with Gasteiger partial charge in [0.1, 0.15) is 0 Å². The van der Waals surface area contributed by atoms with Crippen molar-refractivity contribution in [2.24, 2.45) is 5.73 Å². The van der Waals surface area contributed by atoms with Crippen LogP contribution in [-0.4, -0.2) is 4.92 Å². The minimum absolute atomic E-state index is 0.0555. The molecule has 0 aliphatic heterocycles. The standard InChI is InChI=1S/C17H19N3O2/c1-11-12(5-4-8-17(11)20(21)22)10-19-16-9-15(18)13-6-2-3-7-14(13)16/h2-8,15-16,19H,9-10,18H2,1H3. The van der Waals surface area contributed by atoms with Gasteiger partial charge >= 0.3 is 0 Å². The zero-order valence-electron chi connectivity index (χ0n) is 12.5. The van der Waals surface area contributed by atoms with E-state index in [0.717, 1.165) is 17.5 Å². The zero-order valence-corrected chi connectivity index (χ0v) is 12.5. The average Bonchev–Trinajstić information content (AvgIpc) is 2.83. The first kappa shape index (κ1) is 14.7. The van der Waals surface area contributed by atoms with Gasteiger partial charge < -0.3 is 11.1 Å². The Kier molecular flexibility index (Phi) is 3.92.